The summed E-state index contributed by atoms with van der Waals surface area (Å²) >= 11 is 0. The van der Waals surface area contributed by atoms with Gasteiger partial charge in [-0.15, -0.1) is 0 Å². The van der Waals surface area contributed by atoms with Crippen molar-refractivity contribution in [2.24, 2.45) is 17.8 Å². The van der Waals surface area contributed by atoms with Crippen LogP contribution in [0.5, 0.6) is 0 Å². The highest BCUT2D eigenvalue weighted by Gasteiger charge is 2.27. The maximum Gasteiger partial charge on any atom is 0.306 e. The molecule has 0 amide bonds. The van der Waals surface area contributed by atoms with Gasteiger partial charge < -0.3 is 5.11 Å². The summed E-state index contributed by atoms with van der Waals surface area (Å²) in [5, 5.41) is 9.84. The summed E-state index contributed by atoms with van der Waals surface area (Å²) in [5.74, 6) is 0.213. The third-order valence-electron chi connectivity index (χ3n) is 8.52. The number of carbonyl (C=O) groups is 1. The normalized spacial score (nSPS) is 14.1. The summed E-state index contributed by atoms with van der Waals surface area (Å²) < 4.78 is 0. The number of unbranched alkanes of at least 4 members (excludes halogenated alkanes) is 19. The summed E-state index contributed by atoms with van der Waals surface area (Å²) in [6.45, 7) is 8.95. The second-order valence-corrected chi connectivity index (χ2v) is 12.1. The Morgan fingerprint density at radius 1 is 0.500 bits per heavy atom. The molecule has 0 bridgehead atoms. The highest BCUT2D eigenvalue weighted by atomic mass is 16.4. The van der Waals surface area contributed by atoms with Crippen LogP contribution in [0.1, 0.15) is 195 Å². The van der Waals surface area contributed by atoms with Crippen LogP contribution in [0.25, 0.3) is 0 Å². The second kappa shape index (κ2) is 27.5. The predicted molar refractivity (Wildman–Crippen MR) is 161 cm³/mol. The van der Waals surface area contributed by atoms with E-state index >= 15 is 0 Å². The van der Waals surface area contributed by atoms with Gasteiger partial charge in [-0.25, -0.2) is 0 Å². The van der Waals surface area contributed by atoms with Crippen LogP contribution in [-0.2, 0) is 4.79 Å². The molecule has 3 atom stereocenters. The Kier molecular flexibility index (Phi) is 27.1. The van der Waals surface area contributed by atoms with E-state index in [0.29, 0.717) is 11.8 Å². The van der Waals surface area contributed by atoms with Crippen LogP contribution < -0.4 is 0 Å². The van der Waals surface area contributed by atoms with Gasteiger partial charge in [0.1, 0.15) is 0 Å². The van der Waals surface area contributed by atoms with Crippen molar-refractivity contribution in [1.82, 2.24) is 0 Å². The smallest absolute Gasteiger partial charge is 0.306 e. The maximum absolute atomic E-state index is 12.0. The molecular formula is C34H68O2. The Balaban J connectivity index is 3.61. The fraction of sp³-hybridized carbons (Fsp3) is 0.971. The number of carboxylic acids is 1. The minimum Gasteiger partial charge on any atom is -0.481 e. The Labute approximate surface area is 228 Å². The quantitative estimate of drug-likeness (QED) is 0.102. The molecule has 0 aliphatic rings. The summed E-state index contributed by atoms with van der Waals surface area (Å²) in [6.07, 6.45) is 34.7. The zero-order valence-corrected chi connectivity index (χ0v) is 25.5. The maximum atomic E-state index is 12.0. The average molecular weight is 509 g/mol. The minimum absolute atomic E-state index is 0.144. The van der Waals surface area contributed by atoms with E-state index in [1.807, 2.05) is 0 Å². The lowest BCUT2D eigenvalue weighted by atomic mass is 9.80. The van der Waals surface area contributed by atoms with Crippen molar-refractivity contribution < 1.29 is 9.90 Å². The highest BCUT2D eigenvalue weighted by Crippen LogP contribution is 2.30. The third-order valence-corrected chi connectivity index (χ3v) is 8.52. The van der Waals surface area contributed by atoms with Gasteiger partial charge in [-0.3, -0.25) is 4.79 Å². The van der Waals surface area contributed by atoms with Crippen LogP contribution >= 0.6 is 0 Å². The minimum atomic E-state index is -0.557. The summed E-state index contributed by atoms with van der Waals surface area (Å²) in [4.78, 5) is 12.0. The molecule has 0 radical (unpaired) electrons. The number of rotatable bonds is 29. The number of hydrogen-bond donors (Lipinski definition) is 1. The van der Waals surface area contributed by atoms with Gasteiger partial charge in [-0.1, -0.05) is 182 Å². The van der Waals surface area contributed by atoms with Crippen LogP contribution in [-0.4, -0.2) is 11.1 Å². The lowest BCUT2D eigenvalue weighted by molar-refractivity contribution is -0.144. The van der Waals surface area contributed by atoms with Gasteiger partial charge in [0.05, 0.1) is 5.92 Å². The molecule has 0 saturated heterocycles. The lowest BCUT2D eigenvalue weighted by Gasteiger charge is -2.25. The van der Waals surface area contributed by atoms with Gasteiger partial charge >= 0.3 is 5.97 Å². The van der Waals surface area contributed by atoms with E-state index in [0.717, 1.165) is 12.8 Å². The Morgan fingerprint density at radius 3 is 1.25 bits per heavy atom. The van der Waals surface area contributed by atoms with Crippen molar-refractivity contribution >= 4 is 5.97 Å². The molecule has 0 rings (SSSR count). The molecule has 0 aliphatic heterocycles. The van der Waals surface area contributed by atoms with E-state index in [2.05, 4.69) is 27.7 Å². The molecule has 0 aromatic heterocycles. The molecule has 36 heavy (non-hydrogen) atoms. The molecule has 0 spiro atoms. The highest BCUT2D eigenvalue weighted by molar-refractivity contribution is 5.70. The van der Waals surface area contributed by atoms with Crippen LogP contribution in [0, 0.1) is 17.8 Å². The van der Waals surface area contributed by atoms with Crippen LogP contribution in [0.3, 0.4) is 0 Å². The molecule has 0 saturated carbocycles. The van der Waals surface area contributed by atoms with Gasteiger partial charge in [-0.2, -0.15) is 0 Å². The SMILES string of the molecule is CCCCCCCCCCCCCCCCCCCCCC(C)C(CC(CCC)CCCC)C(=O)O. The van der Waals surface area contributed by atoms with E-state index < -0.39 is 5.97 Å². The first-order chi connectivity index (χ1) is 17.6. The second-order valence-electron chi connectivity index (χ2n) is 12.1. The predicted octanol–water partition coefficient (Wildman–Crippen LogP) is 12.1. The molecular weight excluding hydrogens is 440 g/mol. The standard InChI is InChI=1S/C34H68O2/c1-5-8-10-11-12-13-14-15-16-17-18-19-20-21-22-23-24-25-26-28-31(4)33(34(35)36)30-32(27-7-3)29-9-6-2/h31-33H,5-30H2,1-4H3,(H,35,36). The third kappa shape index (κ3) is 22.7. The number of hydrogen-bond acceptors (Lipinski definition) is 1. The Hall–Kier alpha value is -0.530. The molecule has 3 unspecified atom stereocenters. The van der Waals surface area contributed by atoms with E-state index in [-0.39, 0.29) is 5.92 Å². The average Bonchev–Trinajstić information content (AvgIpc) is 2.86. The Bertz CT molecular complexity index is 446. The van der Waals surface area contributed by atoms with Crippen molar-refractivity contribution in [2.75, 3.05) is 0 Å². The zero-order chi connectivity index (χ0) is 26.7. The van der Waals surface area contributed by atoms with Crippen molar-refractivity contribution in [3.05, 3.63) is 0 Å². The Morgan fingerprint density at radius 2 is 0.889 bits per heavy atom. The molecule has 0 aromatic rings. The lowest BCUT2D eigenvalue weighted by Crippen LogP contribution is -2.25. The fourth-order valence-electron chi connectivity index (χ4n) is 5.96. The number of aliphatic carboxylic acids is 1. The molecule has 0 heterocycles. The first kappa shape index (κ1) is 35.5. The van der Waals surface area contributed by atoms with Gasteiger partial charge in [0.15, 0.2) is 0 Å². The first-order valence-corrected chi connectivity index (χ1v) is 16.8. The van der Waals surface area contributed by atoms with Crippen LogP contribution in [0.15, 0.2) is 0 Å². The van der Waals surface area contributed by atoms with E-state index in [1.54, 1.807) is 0 Å². The zero-order valence-electron chi connectivity index (χ0n) is 25.5. The number of carboxylic acid groups (broad SMARTS) is 1. The van der Waals surface area contributed by atoms with E-state index in [9.17, 15) is 9.90 Å². The monoisotopic (exact) mass is 509 g/mol. The molecule has 2 heteroatoms. The molecule has 2 nitrogen and oxygen atoms in total. The van der Waals surface area contributed by atoms with Crippen molar-refractivity contribution in [3.8, 4) is 0 Å². The van der Waals surface area contributed by atoms with Crippen LogP contribution in [0.4, 0.5) is 0 Å². The summed E-state index contributed by atoms with van der Waals surface area (Å²) in [7, 11) is 0. The van der Waals surface area contributed by atoms with Gasteiger partial charge in [-0.05, 0) is 24.7 Å². The van der Waals surface area contributed by atoms with Crippen molar-refractivity contribution in [2.45, 2.75) is 195 Å². The summed E-state index contributed by atoms with van der Waals surface area (Å²) in [5.41, 5.74) is 0. The fourth-order valence-corrected chi connectivity index (χ4v) is 5.96. The topological polar surface area (TPSA) is 37.3 Å². The summed E-state index contributed by atoms with van der Waals surface area (Å²) in [6, 6.07) is 0. The largest absolute Gasteiger partial charge is 0.481 e. The van der Waals surface area contributed by atoms with Gasteiger partial charge in [0.2, 0.25) is 0 Å². The van der Waals surface area contributed by atoms with E-state index in [1.165, 1.54) is 154 Å². The van der Waals surface area contributed by atoms with Crippen LogP contribution in [0.2, 0.25) is 0 Å². The molecule has 1 N–H and O–H groups in total. The molecule has 216 valence electrons. The molecule has 0 aromatic carbocycles. The molecule has 0 fully saturated rings. The molecule has 0 aliphatic carbocycles. The first-order valence-electron chi connectivity index (χ1n) is 16.8. The van der Waals surface area contributed by atoms with E-state index in [4.69, 9.17) is 0 Å². The van der Waals surface area contributed by atoms with Gasteiger partial charge in [0.25, 0.3) is 0 Å². The van der Waals surface area contributed by atoms with Crippen molar-refractivity contribution in [3.63, 3.8) is 0 Å². The van der Waals surface area contributed by atoms with Crippen molar-refractivity contribution in [1.29, 1.82) is 0 Å². The van der Waals surface area contributed by atoms with Gasteiger partial charge in [0, 0.05) is 0 Å².